The third-order valence-corrected chi connectivity index (χ3v) is 6.60. The second kappa shape index (κ2) is 8.79. The summed E-state index contributed by atoms with van der Waals surface area (Å²) in [5.41, 5.74) is 2.34. The van der Waals surface area contributed by atoms with Gasteiger partial charge in [0, 0.05) is 5.02 Å². The van der Waals surface area contributed by atoms with Crippen molar-refractivity contribution in [1.29, 1.82) is 0 Å². The quantitative estimate of drug-likeness (QED) is 0.529. The van der Waals surface area contributed by atoms with E-state index in [9.17, 15) is 20.4 Å². The van der Waals surface area contributed by atoms with Crippen LogP contribution in [0.4, 0.5) is 0 Å². The maximum absolute atomic E-state index is 10.4. The van der Waals surface area contributed by atoms with E-state index < -0.39 is 37.1 Å². The van der Waals surface area contributed by atoms with Crippen molar-refractivity contribution < 1.29 is 39.4 Å². The minimum atomic E-state index is -1.44. The van der Waals surface area contributed by atoms with E-state index in [1.807, 2.05) is 18.2 Å². The Balaban J connectivity index is 1.38. The lowest BCUT2D eigenvalue weighted by molar-refractivity contribution is -0.231. The molecular formula is C23H25ClO8. The van der Waals surface area contributed by atoms with Crippen molar-refractivity contribution >= 4 is 11.6 Å². The van der Waals surface area contributed by atoms with Crippen molar-refractivity contribution in [1.82, 2.24) is 0 Å². The lowest BCUT2D eigenvalue weighted by Gasteiger charge is -2.40. The van der Waals surface area contributed by atoms with Crippen molar-refractivity contribution in [3.63, 3.8) is 0 Å². The summed E-state index contributed by atoms with van der Waals surface area (Å²) < 4.78 is 23.1. The predicted octanol–water partition coefficient (Wildman–Crippen LogP) is 0.984. The molecule has 0 saturated carbocycles. The number of aliphatic hydroxyl groups excluding tert-OH is 4. The molecule has 2 fully saturated rings. The zero-order valence-electron chi connectivity index (χ0n) is 17.1. The third-order valence-electron chi connectivity index (χ3n) is 6.23. The summed E-state index contributed by atoms with van der Waals surface area (Å²) in [5, 5.41) is 40.6. The van der Waals surface area contributed by atoms with Crippen LogP contribution in [0, 0.1) is 0 Å². The van der Waals surface area contributed by atoms with Gasteiger partial charge in [-0.15, -0.1) is 0 Å². The molecule has 2 aromatic rings. The van der Waals surface area contributed by atoms with Gasteiger partial charge >= 0.3 is 0 Å². The Morgan fingerprint density at radius 1 is 0.875 bits per heavy atom. The predicted molar refractivity (Wildman–Crippen MR) is 113 cm³/mol. The van der Waals surface area contributed by atoms with Gasteiger partial charge < -0.3 is 39.4 Å². The summed E-state index contributed by atoms with van der Waals surface area (Å²) in [6, 6.07) is 10.9. The molecule has 3 aliphatic heterocycles. The van der Waals surface area contributed by atoms with E-state index in [1.165, 1.54) is 0 Å². The van der Waals surface area contributed by atoms with Crippen LogP contribution in [0.25, 0.3) is 0 Å². The van der Waals surface area contributed by atoms with Crippen LogP contribution >= 0.6 is 11.6 Å². The molecule has 0 aromatic heterocycles. The van der Waals surface area contributed by atoms with Crippen LogP contribution in [0.3, 0.4) is 0 Å². The monoisotopic (exact) mass is 464 g/mol. The van der Waals surface area contributed by atoms with E-state index in [-0.39, 0.29) is 12.2 Å². The summed E-state index contributed by atoms with van der Waals surface area (Å²) in [4.78, 5) is 0. The van der Waals surface area contributed by atoms with Gasteiger partial charge in [-0.05, 0) is 41.3 Å². The molecule has 0 spiro atoms. The number of ether oxygens (including phenoxy) is 4. The number of halogens is 1. The highest BCUT2D eigenvalue weighted by atomic mass is 35.5. The van der Waals surface area contributed by atoms with E-state index in [0.29, 0.717) is 41.7 Å². The molecule has 2 unspecified atom stereocenters. The van der Waals surface area contributed by atoms with E-state index >= 15 is 0 Å². The Hall–Kier alpha value is -1.91. The van der Waals surface area contributed by atoms with Crippen molar-refractivity contribution in [3.8, 4) is 11.5 Å². The topological polar surface area (TPSA) is 118 Å². The lowest BCUT2D eigenvalue weighted by Crippen LogP contribution is -2.55. The highest BCUT2D eigenvalue weighted by Crippen LogP contribution is 2.38. The molecule has 32 heavy (non-hydrogen) atoms. The highest BCUT2D eigenvalue weighted by molar-refractivity contribution is 6.31. The number of aliphatic hydroxyl groups is 4. The molecular weight excluding hydrogens is 440 g/mol. The van der Waals surface area contributed by atoms with Gasteiger partial charge in [-0.1, -0.05) is 29.8 Å². The molecule has 9 heteroatoms. The fraction of sp³-hybridized carbons (Fsp3) is 0.478. The van der Waals surface area contributed by atoms with E-state index in [0.717, 1.165) is 11.1 Å². The molecule has 2 aromatic carbocycles. The second-order valence-corrected chi connectivity index (χ2v) is 8.82. The molecule has 0 aliphatic carbocycles. The highest BCUT2D eigenvalue weighted by Gasteiger charge is 2.44. The molecule has 0 radical (unpaired) electrons. The first-order chi connectivity index (χ1) is 15.4. The van der Waals surface area contributed by atoms with Crippen LogP contribution in [0.5, 0.6) is 11.5 Å². The number of benzene rings is 2. The summed E-state index contributed by atoms with van der Waals surface area (Å²) in [5.74, 6) is 1.34. The van der Waals surface area contributed by atoms with Gasteiger partial charge in [0.15, 0.2) is 23.7 Å². The number of fused-ring (bicyclic) bond motifs is 2. The Morgan fingerprint density at radius 2 is 1.62 bits per heavy atom. The van der Waals surface area contributed by atoms with Gasteiger partial charge in [0.2, 0.25) is 0 Å². The first-order valence-corrected chi connectivity index (χ1v) is 10.9. The zero-order chi connectivity index (χ0) is 22.4. The van der Waals surface area contributed by atoms with Gasteiger partial charge in [-0.25, -0.2) is 0 Å². The minimum Gasteiger partial charge on any atom is -0.480 e. The fourth-order valence-corrected chi connectivity index (χ4v) is 4.60. The number of rotatable bonds is 4. The van der Waals surface area contributed by atoms with Crippen LogP contribution in [0.1, 0.15) is 22.8 Å². The van der Waals surface area contributed by atoms with E-state index in [4.69, 9.17) is 30.5 Å². The van der Waals surface area contributed by atoms with Crippen LogP contribution in [-0.2, 0) is 15.9 Å². The zero-order valence-corrected chi connectivity index (χ0v) is 17.9. The molecule has 8 nitrogen and oxygen atoms in total. The standard InChI is InChI=1S/C23H25ClO8/c24-14-3-2-12(23-22(28)21(27)20(26)17(8-25)32-23)7-13(14)5-11-1-4-15-16(6-11)31-19-10-29-9-18(19)30-15/h1-4,6-7,17-23,25-28H,5,8-10H2/t17-,18?,19?,20-,21+,22-,23-/m1/s1. The lowest BCUT2D eigenvalue weighted by atomic mass is 9.90. The van der Waals surface area contributed by atoms with Crippen molar-refractivity contribution in [2.75, 3.05) is 19.8 Å². The summed E-state index contributed by atoms with van der Waals surface area (Å²) in [7, 11) is 0. The molecule has 3 aliphatic rings. The number of hydrogen-bond acceptors (Lipinski definition) is 8. The Kier molecular flexibility index (Phi) is 6.02. The molecule has 2 saturated heterocycles. The maximum atomic E-state index is 10.4. The SMILES string of the molecule is OC[C@H]1O[C@H](c2ccc(Cl)c(Cc3ccc4c(c3)OC3COCC3O4)c2)[C@H](O)[C@@H](O)[C@@H]1O. The average molecular weight is 465 g/mol. The Labute approximate surface area is 189 Å². The largest absolute Gasteiger partial charge is 0.480 e. The van der Waals surface area contributed by atoms with E-state index in [2.05, 4.69) is 0 Å². The normalized spacial score (nSPS) is 33.7. The fourth-order valence-electron chi connectivity index (χ4n) is 4.42. The summed E-state index contributed by atoms with van der Waals surface area (Å²) in [6.45, 7) is 0.541. The average Bonchev–Trinajstić information content (AvgIpc) is 3.25. The van der Waals surface area contributed by atoms with Gasteiger partial charge in [-0.3, -0.25) is 0 Å². The second-order valence-electron chi connectivity index (χ2n) is 8.41. The summed E-state index contributed by atoms with van der Waals surface area (Å²) in [6.07, 6.45) is -5.79. The Bertz CT molecular complexity index is 982. The number of hydrogen-bond donors (Lipinski definition) is 4. The molecule has 0 amide bonds. The van der Waals surface area contributed by atoms with Crippen LogP contribution < -0.4 is 9.47 Å². The minimum absolute atomic E-state index is 0.0852. The van der Waals surface area contributed by atoms with Crippen LogP contribution in [0.2, 0.25) is 5.02 Å². The molecule has 0 bridgehead atoms. The van der Waals surface area contributed by atoms with Crippen molar-refractivity contribution in [2.24, 2.45) is 0 Å². The molecule has 4 N–H and O–H groups in total. The first-order valence-electron chi connectivity index (χ1n) is 10.6. The van der Waals surface area contributed by atoms with Crippen LogP contribution in [-0.4, -0.2) is 76.9 Å². The smallest absolute Gasteiger partial charge is 0.162 e. The Morgan fingerprint density at radius 3 is 2.38 bits per heavy atom. The maximum Gasteiger partial charge on any atom is 0.162 e. The van der Waals surface area contributed by atoms with Crippen molar-refractivity contribution in [2.45, 2.75) is 49.1 Å². The molecule has 5 rings (SSSR count). The first kappa shape index (κ1) is 21.9. The third kappa shape index (κ3) is 3.97. The molecule has 172 valence electrons. The van der Waals surface area contributed by atoms with E-state index in [1.54, 1.807) is 18.2 Å². The van der Waals surface area contributed by atoms with Gasteiger partial charge in [0.1, 0.15) is 30.5 Å². The summed E-state index contributed by atoms with van der Waals surface area (Å²) >= 11 is 6.44. The molecule has 3 heterocycles. The van der Waals surface area contributed by atoms with Gasteiger partial charge in [0.25, 0.3) is 0 Å². The molecule has 7 atom stereocenters. The van der Waals surface area contributed by atoms with Gasteiger partial charge in [-0.2, -0.15) is 0 Å². The van der Waals surface area contributed by atoms with Crippen LogP contribution in [0.15, 0.2) is 36.4 Å². The van der Waals surface area contributed by atoms with Crippen molar-refractivity contribution in [3.05, 3.63) is 58.1 Å². The van der Waals surface area contributed by atoms with Gasteiger partial charge in [0.05, 0.1) is 19.8 Å².